The Balaban J connectivity index is 0.00000323. The van der Waals surface area contributed by atoms with Gasteiger partial charge in [-0.1, -0.05) is 66.7 Å². The molecular formula is C32H32ClN5OS. The van der Waals surface area contributed by atoms with Crippen LogP contribution in [0.15, 0.2) is 96.1 Å². The highest BCUT2D eigenvalue weighted by Gasteiger charge is 2.29. The Kier molecular flexibility index (Phi) is 8.75. The number of unbranched alkanes of at least 4 members (excludes halogenated alkanes) is 1. The molecule has 4 aromatic carbocycles. The number of hydrogen-bond acceptors (Lipinski definition) is 5. The third-order valence-electron chi connectivity index (χ3n) is 7.09. The summed E-state index contributed by atoms with van der Waals surface area (Å²) in [4.78, 5) is 20.7. The van der Waals surface area contributed by atoms with E-state index in [2.05, 4.69) is 48.5 Å². The zero-order valence-corrected chi connectivity index (χ0v) is 23.8. The van der Waals surface area contributed by atoms with Gasteiger partial charge < -0.3 is 5.73 Å². The first-order chi connectivity index (χ1) is 19.2. The van der Waals surface area contributed by atoms with Gasteiger partial charge in [0.05, 0.1) is 33.2 Å². The first-order valence-electron chi connectivity index (χ1n) is 13.5. The van der Waals surface area contributed by atoms with Crippen molar-refractivity contribution in [1.82, 2.24) is 9.99 Å². The molecule has 2 amide bonds. The number of fused-ring (bicyclic) bond motifs is 3. The summed E-state index contributed by atoms with van der Waals surface area (Å²) in [6, 6.07) is 31.0. The van der Waals surface area contributed by atoms with Crippen LogP contribution in [0.3, 0.4) is 0 Å². The maximum absolute atomic E-state index is 14.0. The number of hydrogen-bond donors (Lipinski definition) is 1. The van der Waals surface area contributed by atoms with Crippen molar-refractivity contribution < 1.29 is 4.79 Å². The van der Waals surface area contributed by atoms with Gasteiger partial charge in [0.25, 0.3) is 0 Å². The normalized spacial score (nSPS) is 13.2. The fourth-order valence-corrected chi connectivity index (χ4v) is 6.07. The molecule has 1 aliphatic heterocycles. The molecule has 8 heteroatoms. The number of nitrogens with zero attached hydrogens (tertiary/aromatic N) is 4. The molecule has 0 saturated carbocycles. The van der Waals surface area contributed by atoms with Crippen LogP contribution in [0, 0.1) is 0 Å². The fourth-order valence-electron chi connectivity index (χ4n) is 5.10. The van der Waals surface area contributed by atoms with E-state index in [0.717, 1.165) is 57.7 Å². The minimum absolute atomic E-state index is 0. The van der Waals surface area contributed by atoms with Crippen molar-refractivity contribution in [3.8, 4) is 0 Å². The number of aromatic nitrogens is 1. The Bertz CT molecular complexity index is 1630. The van der Waals surface area contributed by atoms with Crippen molar-refractivity contribution in [2.45, 2.75) is 32.2 Å². The van der Waals surface area contributed by atoms with E-state index >= 15 is 0 Å². The number of thiazole rings is 1. The Hall–Kier alpha value is -3.78. The quantitative estimate of drug-likeness (QED) is 0.188. The van der Waals surface area contributed by atoms with Crippen LogP contribution in [0.25, 0.3) is 21.0 Å². The number of carbonyl (C=O) groups is 1. The first-order valence-corrected chi connectivity index (χ1v) is 14.3. The van der Waals surface area contributed by atoms with Gasteiger partial charge in [-0.2, -0.15) is 5.10 Å². The van der Waals surface area contributed by atoms with Crippen LogP contribution >= 0.6 is 23.7 Å². The highest BCUT2D eigenvalue weighted by molar-refractivity contribution is 7.18. The third kappa shape index (κ3) is 5.87. The van der Waals surface area contributed by atoms with E-state index < -0.39 is 0 Å². The molecule has 2 heterocycles. The van der Waals surface area contributed by atoms with Crippen LogP contribution in [-0.2, 0) is 13.0 Å². The van der Waals surface area contributed by atoms with Gasteiger partial charge in [-0.15, -0.1) is 23.7 Å². The molecule has 2 N–H and O–H groups in total. The summed E-state index contributed by atoms with van der Waals surface area (Å²) >= 11 is 1.72. The number of urea groups is 1. The molecule has 0 atom stereocenters. The number of amides is 2. The molecule has 1 aromatic heterocycles. The van der Waals surface area contributed by atoms with Crippen molar-refractivity contribution >= 4 is 62.2 Å². The summed E-state index contributed by atoms with van der Waals surface area (Å²) in [6.45, 7) is 1.59. The van der Waals surface area contributed by atoms with E-state index in [4.69, 9.17) is 15.8 Å². The summed E-state index contributed by atoms with van der Waals surface area (Å²) in [5.41, 5.74) is 10.7. The molecule has 5 aromatic rings. The van der Waals surface area contributed by atoms with Crippen LogP contribution in [0.4, 0.5) is 10.5 Å². The summed E-state index contributed by atoms with van der Waals surface area (Å²) in [7, 11) is 0. The van der Waals surface area contributed by atoms with Crippen molar-refractivity contribution in [2.75, 3.05) is 18.0 Å². The monoisotopic (exact) mass is 569 g/mol. The second-order valence-corrected chi connectivity index (χ2v) is 10.9. The number of hydrazone groups is 1. The van der Waals surface area contributed by atoms with E-state index in [0.29, 0.717) is 26.1 Å². The highest BCUT2D eigenvalue weighted by atomic mass is 35.5. The summed E-state index contributed by atoms with van der Waals surface area (Å²) < 4.78 is 1.19. The van der Waals surface area contributed by atoms with Gasteiger partial charge in [0.2, 0.25) is 0 Å². The number of para-hydroxylation sites is 2. The van der Waals surface area contributed by atoms with Gasteiger partial charge in [-0.25, -0.2) is 14.8 Å². The topological polar surface area (TPSA) is 74.8 Å². The number of halogens is 1. The Morgan fingerprint density at radius 3 is 2.45 bits per heavy atom. The maximum Gasteiger partial charge on any atom is 0.345 e. The number of aryl methyl sites for hydroxylation is 1. The highest BCUT2D eigenvalue weighted by Crippen LogP contribution is 2.31. The molecule has 0 radical (unpaired) electrons. The number of carbonyl (C=O) groups excluding carboxylic acids is 1. The smallest absolute Gasteiger partial charge is 0.330 e. The molecular weight excluding hydrogens is 538 g/mol. The van der Waals surface area contributed by atoms with Gasteiger partial charge in [0.15, 0.2) is 0 Å². The summed E-state index contributed by atoms with van der Waals surface area (Å²) in [5, 5.41) is 10.0. The lowest BCUT2D eigenvalue weighted by Crippen LogP contribution is -2.40. The number of anilines is 1. The molecule has 0 spiro atoms. The van der Waals surface area contributed by atoms with Gasteiger partial charge in [-0.3, -0.25) is 4.90 Å². The number of nitrogens with two attached hydrogens (primary N) is 1. The molecule has 6 rings (SSSR count). The van der Waals surface area contributed by atoms with Crippen molar-refractivity contribution in [1.29, 1.82) is 0 Å². The average molecular weight is 570 g/mol. The molecule has 0 unspecified atom stereocenters. The molecule has 6 nitrogen and oxygen atoms in total. The van der Waals surface area contributed by atoms with E-state index in [1.807, 2.05) is 47.4 Å². The largest absolute Gasteiger partial charge is 0.345 e. The molecule has 40 heavy (non-hydrogen) atoms. The van der Waals surface area contributed by atoms with Crippen molar-refractivity contribution in [2.24, 2.45) is 10.8 Å². The molecule has 1 aliphatic rings. The van der Waals surface area contributed by atoms with E-state index in [1.54, 1.807) is 16.3 Å². The predicted molar refractivity (Wildman–Crippen MR) is 169 cm³/mol. The number of rotatable bonds is 9. The van der Waals surface area contributed by atoms with Crippen LogP contribution in [0.5, 0.6) is 0 Å². The Labute approximate surface area is 244 Å². The SMILES string of the molecule is Cl.NCCCCN1N=C(CCc2nc3ccccc3s2)c2ccccc2N(Cc2ccc3ccccc3c2)C1=O. The molecule has 0 aliphatic carbocycles. The third-order valence-corrected chi connectivity index (χ3v) is 8.19. The second kappa shape index (κ2) is 12.6. The van der Waals surface area contributed by atoms with Crippen LogP contribution in [-0.4, -0.2) is 34.8 Å². The lowest BCUT2D eigenvalue weighted by molar-refractivity contribution is 0.206. The van der Waals surface area contributed by atoms with Gasteiger partial charge in [0, 0.05) is 18.5 Å². The summed E-state index contributed by atoms with van der Waals surface area (Å²) in [6.07, 6.45) is 3.11. The van der Waals surface area contributed by atoms with Crippen molar-refractivity contribution in [3.63, 3.8) is 0 Å². The first kappa shape index (κ1) is 27.8. The number of benzene rings is 4. The standard InChI is InChI=1S/C32H31N5OS.ClH/c33-19-7-8-20-37-32(38)36(22-23-15-16-24-9-1-2-10-25(24)21-23)29-13-5-3-11-26(29)27(35-37)17-18-31-34-28-12-4-6-14-30(28)39-31;/h1-6,9-16,21H,7-8,17-20,22,33H2;1H. The van der Waals surface area contributed by atoms with Crippen molar-refractivity contribution in [3.05, 3.63) is 107 Å². The van der Waals surface area contributed by atoms with Crippen LogP contribution in [0.2, 0.25) is 0 Å². The summed E-state index contributed by atoms with van der Waals surface area (Å²) in [5.74, 6) is 0. The lowest BCUT2D eigenvalue weighted by atomic mass is 10.0. The predicted octanol–water partition coefficient (Wildman–Crippen LogP) is 7.39. The molecule has 0 saturated heterocycles. The molecule has 204 valence electrons. The van der Waals surface area contributed by atoms with Gasteiger partial charge in [-0.05, 0) is 66.4 Å². The minimum Gasteiger partial charge on any atom is -0.330 e. The zero-order valence-electron chi connectivity index (χ0n) is 22.2. The average Bonchev–Trinajstić information content (AvgIpc) is 3.36. The maximum atomic E-state index is 14.0. The lowest BCUT2D eigenvalue weighted by Gasteiger charge is -2.27. The minimum atomic E-state index is -0.109. The van der Waals surface area contributed by atoms with E-state index in [1.165, 1.54) is 10.1 Å². The van der Waals surface area contributed by atoms with E-state index in [-0.39, 0.29) is 18.4 Å². The van der Waals surface area contributed by atoms with Crippen LogP contribution < -0.4 is 10.6 Å². The Morgan fingerprint density at radius 1 is 0.825 bits per heavy atom. The second-order valence-electron chi connectivity index (χ2n) is 9.81. The van der Waals surface area contributed by atoms with Gasteiger partial charge in [0.1, 0.15) is 0 Å². The fraction of sp³-hybridized carbons (Fsp3) is 0.219. The Morgan fingerprint density at radius 2 is 1.60 bits per heavy atom. The molecule has 0 bridgehead atoms. The van der Waals surface area contributed by atoms with Crippen LogP contribution in [0.1, 0.15) is 35.4 Å². The van der Waals surface area contributed by atoms with Gasteiger partial charge >= 0.3 is 6.03 Å². The zero-order chi connectivity index (χ0) is 26.6. The van der Waals surface area contributed by atoms with E-state index in [9.17, 15) is 4.79 Å². The molecule has 0 fully saturated rings.